The van der Waals surface area contributed by atoms with Crippen molar-refractivity contribution in [3.8, 4) is 0 Å². The van der Waals surface area contributed by atoms with E-state index in [1.807, 2.05) is 0 Å². The summed E-state index contributed by atoms with van der Waals surface area (Å²) in [6, 6.07) is 0. The van der Waals surface area contributed by atoms with E-state index in [-0.39, 0.29) is 32.7 Å². The van der Waals surface area contributed by atoms with Crippen molar-refractivity contribution in [2.75, 3.05) is 0 Å². The summed E-state index contributed by atoms with van der Waals surface area (Å²) in [6.45, 7) is 0. The normalized spacial score (nSPS) is 1.60. The third-order valence-electron chi connectivity index (χ3n) is 0. The van der Waals surface area contributed by atoms with Crippen LogP contribution in [0, 0.1) is 5.41 Å². The Labute approximate surface area is 55.7 Å². The van der Waals surface area contributed by atoms with Crippen molar-refractivity contribution in [3.63, 3.8) is 0 Å². The molecular formula is CH3ClLiNS. The van der Waals surface area contributed by atoms with Crippen LogP contribution in [0.4, 0.5) is 0 Å². The first-order valence-electron chi connectivity index (χ1n) is 0.454. The Bertz CT molecular complexity index is 36.5. The van der Waals surface area contributed by atoms with E-state index >= 15 is 0 Å². The smallest absolute Gasteiger partial charge is 1.00 e. The van der Waals surface area contributed by atoms with Gasteiger partial charge in [0.05, 0.1) is 5.16 Å². The van der Waals surface area contributed by atoms with E-state index in [9.17, 15) is 0 Å². The number of hydrogen-bond donors (Lipinski definition) is 1. The minimum absolute atomic E-state index is 0. The van der Waals surface area contributed by atoms with E-state index < -0.39 is 0 Å². The van der Waals surface area contributed by atoms with Crippen molar-refractivity contribution < 1.29 is 20.3 Å². The second kappa shape index (κ2) is 22.4. The topological polar surface area (TPSA) is 23.9 Å². The molecule has 26 valence electrons. The fraction of sp³-hybridized carbons (Fsp3) is 0. The zero-order valence-corrected chi connectivity index (χ0v) is 4.45. The van der Waals surface area contributed by atoms with Crippen LogP contribution in [0.2, 0.25) is 0 Å². The number of thiocarbonyl (C=S) groups is 1. The SMILES string of the molecule is Cl.N=C=S.[H-].[Li+]. The average molecular weight is 104 g/mol. The maximum absolute atomic E-state index is 5.77. The Hall–Kier alpha value is 0.687. The van der Waals surface area contributed by atoms with E-state index in [0.29, 0.717) is 0 Å². The van der Waals surface area contributed by atoms with Gasteiger partial charge in [0.15, 0.2) is 0 Å². The third-order valence-corrected chi connectivity index (χ3v) is 0. The van der Waals surface area contributed by atoms with Crippen LogP contribution in [0.25, 0.3) is 0 Å². The van der Waals surface area contributed by atoms with Gasteiger partial charge >= 0.3 is 18.9 Å². The van der Waals surface area contributed by atoms with Gasteiger partial charge in [0, 0.05) is 0 Å². The molecule has 0 aromatic heterocycles. The maximum atomic E-state index is 5.77. The maximum Gasteiger partial charge on any atom is 1.00 e. The van der Waals surface area contributed by atoms with Crippen LogP contribution < -0.4 is 18.9 Å². The predicted octanol–water partition coefficient (Wildman–Crippen LogP) is -1.79. The molecule has 1 N–H and O–H groups in total. The summed E-state index contributed by atoms with van der Waals surface area (Å²) in [6.07, 6.45) is 0. The van der Waals surface area contributed by atoms with E-state index in [4.69, 9.17) is 5.41 Å². The zero-order valence-electron chi connectivity index (χ0n) is 3.82. The molecule has 0 atom stereocenters. The van der Waals surface area contributed by atoms with Crippen molar-refractivity contribution in [2.24, 2.45) is 0 Å². The summed E-state index contributed by atoms with van der Waals surface area (Å²) in [5.74, 6) is 0. The van der Waals surface area contributed by atoms with Crippen molar-refractivity contribution in [1.82, 2.24) is 0 Å². The molecule has 0 saturated carbocycles. The van der Waals surface area contributed by atoms with Crippen LogP contribution in [-0.2, 0) is 0 Å². The zero-order chi connectivity index (χ0) is 2.71. The van der Waals surface area contributed by atoms with E-state index in [1.54, 1.807) is 5.16 Å². The van der Waals surface area contributed by atoms with Gasteiger partial charge in [-0.05, 0) is 12.2 Å². The van der Waals surface area contributed by atoms with Gasteiger partial charge in [-0.1, -0.05) is 0 Å². The van der Waals surface area contributed by atoms with Gasteiger partial charge in [-0.3, -0.25) is 0 Å². The largest absolute Gasteiger partial charge is 1.00 e. The number of rotatable bonds is 0. The first kappa shape index (κ1) is 17.3. The second-order valence-corrected chi connectivity index (χ2v) is 0.306. The summed E-state index contributed by atoms with van der Waals surface area (Å²) >= 11 is 3.81. The molecule has 0 radical (unpaired) electrons. The van der Waals surface area contributed by atoms with Gasteiger partial charge in [0.2, 0.25) is 0 Å². The van der Waals surface area contributed by atoms with Crippen LogP contribution in [-0.4, -0.2) is 5.16 Å². The van der Waals surface area contributed by atoms with Gasteiger partial charge in [0.25, 0.3) is 0 Å². The molecule has 0 amide bonds. The van der Waals surface area contributed by atoms with Crippen LogP contribution in [0.15, 0.2) is 0 Å². The fourth-order valence-corrected chi connectivity index (χ4v) is 0. The van der Waals surface area contributed by atoms with Crippen LogP contribution in [0.3, 0.4) is 0 Å². The minimum atomic E-state index is 0. The van der Waals surface area contributed by atoms with Crippen molar-refractivity contribution in [1.29, 1.82) is 5.41 Å². The Kier molecular flexibility index (Phi) is 77.5. The number of isothiocyanates is 1. The van der Waals surface area contributed by atoms with E-state index in [2.05, 4.69) is 12.2 Å². The molecule has 0 spiro atoms. The molecule has 0 fully saturated rings. The molecule has 0 aliphatic carbocycles. The van der Waals surface area contributed by atoms with Crippen LogP contribution in [0.1, 0.15) is 1.43 Å². The van der Waals surface area contributed by atoms with Crippen molar-refractivity contribution in [3.05, 3.63) is 0 Å². The van der Waals surface area contributed by atoms with Gasteiger partial charge in [0.1, 0.15) is 0 Å². The summed E-state index contributed by atoms with van der Waals surface area (Å²) in [5.41, 5.74) is 0. The van der Waals surface area contributed by atoms with Crippen LogP contribution in [0.5, 0.6) is 0 Å². The molecular weight excluding hydrogens is 100 g/mol. The Morgan fingerprint density at radius 1 is 1.80 bits per heavy atom. The summed E-state index contributed by atoms with van der Waals surface area (Å²) in [5, 5.41) is 7.36. The number of hydrogen-bond acceptors (Lipinski definition) is 2. The predicted molar refractivity (Wildman–Crippen MR) is 23.7 cm³/mol. The molecule has 0 heterocycles. The quantitative estimate of drug-likeness (QED) is 0.219. The fourth-order valence-electron chi connectivity index (χ4n) is 0. The van der Waals surface area contributed by atoms with Crippen molar-refractivity contribution >= 4 is 29.8 Å². The molecule has 0 aliphatic rings. The summed E-state index contributed by atoms with van der Waals surface area (Å²) < 4.78 is 0. The standard InChI is InChI=1S/CHNS.ClH.Li.H/c2-1-3;;;/h2H;1H;;/q;;+1;-1. The van der Waals surface area contributed by atoms with Crippen molar-refractivity contribution in [2.45, 2.75) is 0 Å². The monoisotopic (exact) mass is 103 g/mol. The number of nitrogens with one attached hydrogen (secondary N) is 1. The molecule has 4 heteroatoms. The van der Waals surface area contributed by atoms with Gasteiger partial charge in [-0.25, -0.2) is 5.41 Å². The summed E-state index contributed by atoms with van der Waals surface area (Å²) in [7, 11) is 0. The third kappa shape index (κ3) is 71.6. The molecule has 0 unspecified atom stereocenters. The van der Waals surface area contributed by atoms with Gasteiger partial charge < -0.3 is 1.43 Å². The van der Waals surface area contributed by atoms with Gasteiger partial charge in [-0.2, -0.15) is 0 Å². The molecule has 1 nitrogen and oxygen atoms in total. The molecule has 0 bridgehead atoms. The number of halogens is 1. The molecule has 0 saturated heterocycles. The van der Waals surface area contributed by atoms with E-state index in [1.165, 1.54) is 0 Å². The molecule has 0 aromatic carbocycles. The second-order valence-electron chi connectivity index (χ2n) is 0.102. The molecule has 0 rings (SSSR count). The first-order chi connectivity index (χ1) is 1.41. The van der Waals surface area contributed by atoms with Gasteiger partial charge in [-0.15, -0.1) is 12.4 Å². The van der Waals surface area contributed by atoms with E-state index in [0.717, 1.165) is 0 Å². The average Bonchev–Trinajstić information content (AvgIpc) is 0.918. The first-order valence-corrected chi connectivity index (χ1v) is 0.862. The Balaban J connectivity index is -0.00000000667. The Morgan fingerprint density at radius 3 is 1.80 bits per heavy atom. The van der Waals surface area contributed by atoms with Crippen LogP contribution >= 0.6 is 24.6 Å². The summed E-state index contributed by atoms with van der Waals surface area (Å²) in [4.78, 5) is 0. The molecule has 0 aromatic rings. The Morgan fingerprint density at radius 2 is 1.80 bits per heavy atom. The minimum Gasteiger partial charge on any atom is -1.00 e. The molecule has 5 heavy (non-hydrogen) atoms. The molecule has 0 aliphatic heterocycles.